The summed E-state index contributed by atoms with van der Waals surface area (Å²) in [5, 5.41) is 19.3. The molecule has 0 fully saturated rings. The van der Waals surface area contributed by atoms with Gasteiger partial charge in [-0.05, 0) is 25.0 Å². The lowest BCUT2D eigenvalue weighted by atomic mass is 9.99. The zero-order chi connectivity index (χ0) is 14.6. The minimum absolute atomic E-state index is 0.0106. The topological polar surface area (TPSA) is 57.5 Å². The lowest BCUT2D eigenvalue weighted by molar-refractivity contribution is -0.0886. The summed E-state index contributed by atoms with van der Waals surface area (Å²) < 4.78 is 37.0. The molecule has 0 aromatic heterocycles. The van der Waals surface area contributed by atoms with Crippen molar-refractivity contribution in [3.05, 3.63) is 23.3 Å². The van der Waals surface area contributed by atoms with Crippen molar-refractivity contribution in [2.75, 3.05) is 0 Å². The highest BCUT2D eigenvalue weighted by Gasteiger charge is 2.41. The van der Waals surface area contributed by atoms with Crippen molar-refractivity contribution in [3.8, 4) is 11.5 Å². The van der Waals surface area contributed by atoms with Gasteiger partial charge in [-0.15, -0.1) is 0 Å². The third-order valence-electron chi connectivity index (χ3n) is 2.79. The highest BCUT2D eigenvalue weighted by atomic mass is 19.4. The van der Waals surface area contributed by atoms with E-state index in [0.717, 1.165) is 25.0 Å². The molecule has 0 saturated carbocycles. The van der Waals surface area contributed by atoms with E-state index in [2.05, 4.69) is 0 Å². The number of hydrogen-bond donors (Lipinski definition) is 2. The summed E-state index contributed by atoms with van der Waals surface area (Å²) in [5.41, 5.74) is -0.833. The number of benzene rings is 1. The Bertz CT molecular complexity index is 467. The first-order valence-electron chi connectivity index (χ1n) is 5.94. The summed E-state index contributed by atoms with van der Waals surface area (Å²) in [6.07, 6.45) is -2.50. The van der Waals surface area contributed by atoms with Gasteiger partial charge in [-0.25, -0.2) is 0 Å². The lowest BCUT2D eigenvalue weighted by Crippen LogP contribution is -2.23. The number of alkyl halides is 3. The molecule has 2 N–H and O–H groups in total. The van der Waals surface area contributed by atoms with E-state index < -0.39 is 23.3 Å². The van der Waals surface area contributed by atoms with Gasteiger partial charge in [-0.2, -0.15) is 13.2 Å². The molecular weight excluding hydrogens is 261 g/mol. The van der Waals surface area contributed by atoms with Crippen LogP contribution in [0.1, 0.15) is 42.1 Å². The molecular formula is C13H15F3O3. The fourth-order valence-corrected chi connectivity index (χ4v) is 1.76. The summed E-state index contributed by atoms with van der Waals surface area (Å²) in [6.45, 7) is 1.95. The normalized spacial score (nSPS) is 11.6. The fraction of sp³-hybridized carbons (Fsp3) is 0.462. The van der Waals surface area contributed by atoms with Crippen molar-refractivity contribution in [1.82, 2.24) is 0 Å². The average molecular weight is 276 g/mol. The van der Waals surface area contributed by atoms with Gasteiger partial charge < -0.3 is 10.2 Å². The molecule has 0 aliphatic carbocycles. The van der Waals surface area contributed by atoms with Crippen LogP contribution in [0.5, 0.6) is 11.5 Å². The minimum Gasteiger partial charge on any atom is -0.508 e. The number of carbonyl (C=O) groups excluding carboxylic acids is 1. The van der Waals surface area contributed by atoms with E-state index in [4.69, 9.17) is 0 Å². The van der Waals surface area contributed by atoms with Crippen molar-refractivity contribution >= 4 is 5.78 Å². The van der Waals surface area contributed by atoms with Crippen LogP contribution in [-0.2, 0) is 6.42 Å². The maximum Gasteiger partial charge on any atom is 0.455 e. The largest absolute Gasteiger partial charge is 0.508 e. The number of carbonyl (C=O) groups is 1. The summed E-state index contributed by atoms with van der Waals surface area (Å²) in [4.78, 5) is 11.1. The molecule has 19 heavy (non-hydrogen) atoms. The number of phenols is 2. The molecule has 0 amide bonds. The third-order valence-corrected chi connectivity index (χ3v) is 2.79. The third kappa shape index (κ3) is 3.62. The van der Waals surface area contributed by atoms with Crippen LogP contribution >= 0.6 is 0 Å². The predicted octanol–water partition coefficient (Wildman–Crippen LogP) is 3.58. The van der Waals surface area contributed by atoms with E-state index in [1.165, 1.54) is 0 Å². The first kappa shape index (κ1) is 15.3. The van der Waals surface area contributed by atoms with Gasteiger partial charge >= 0.3 is 6.18 Å². The molecule has 0 aliphatic rings. The summed E-state index contributed by atoms with van der Waals surface area (Å²) in [5.74, 6) is -3.19. The van der Waals surface area contributed by atoms with Crippen LogP contribution in [0.25, 0.3) is 0 Å². The Morgan fingerprint density at radius 1 is 1.21 bits per heavy atom. The highest BCUT2D eigenvalue weighted by molar-refractivity contribution is 6.03. The Balaban J connectivity index is 3.10. The van der Waals surface area contributed by atoms with Crippen molar-refractivity contribution in [2.45, 2.75) is 38.8 Å². The Hall–Kier alpha value is -1.72. The Labute approximate surface area is 108 Å². The molecule has 6 heteroatoms. The number of halogens is 3. The molecule has 0 aliphatic heterocycles. The van der Waals surface area contributed by atoms with E-state index in [0.29, 0.717) is 6.42 Å². The van der Waals surface area contributed by atoms with E-state index in [-0.39, 0.29) is 17.7 Å². The van der Waals surface area contributed by atoms with Gasteiger partial charge in [0.15, 0.2) is 0 Å². The van der Waals surface area contributed by atoms with Gasteiger partial charge in [-0.1, -0.05) is 19.8 Å². The lowest BCUT2D eigenvalue weighted by Gasteiger charge is -2.12. The zero-order valence-corrected chi connectivity index (χ0v) is 10.4. The number of hydrogen-bond acceptors (Lipinski definition) is 3. The molecule has 1 rings (SSSR count). The van der Waals surface area contributed by atoms with Crippen LogP contribution in [-0.4, -0.2) is 22.2 Å². The van der Waals surface area contributed by atoms with Gasteiger partial charge in [-0.3, -0.25) is 4.79 Å². The molecule has 0 spiro atoms. The molecule has 0 saturated heterocycles. The first-order valence-corrected chi connectivity index (χ1v) is 5.94. The van der Waals surface area contributed by atoms with Gasteiger partial charge in [0.2, 0.25) is 0 Å². The zero-order valence-electron chi connectivity index (χ0n) is 10.4. The molecule has 0 radical (unpaired) electrons. The fourth-order valence-electron chi connectivity index (χ4n) is 1.76. The molecule has 1 aromatic rings. The molecule has 0 atom stereocenters. The number of ketones is 1. The van der Waals surface area contributed by atoms with Crippen LogP contribution in [0.3, 0.4) is 0 Å². The summed E-state index contributed by atoms with van der Waals surface area (Å²) >= 11 is 0. The molecule has 106 valence electrons. The van der Waals surface area contributed by atoms with Crippen molar-refractivity contribution < 1.29 is 28.2 Å². The maximum absolute atomic E-state index is 12.3. The predicted molar refractivity (Wildman–Crippen MR) is 63.4 cm³/mol. The standard InChI is InChI=1S/C13H15F3O3/c1-2-3-4-5-8-10(17)7-6-9(11(8)18)12(19)13(14,15)16/h6-7,17-18H,2-5H2,1H3. The number of rotatable bonds is 5. The SMILES string of the molecule is CCCCCc1c(O)ccc(C(=O)C(F)(F)F)c1O. The van der Waals surface area contributed by atoms with Gasteiger partial charge in [0, 0.05) is 5.56 Å². The number of Topliss-reactive ketones (excluding diaryl/α,β-unsaturated/α-hetero) is 1. The first-order chi connectivity index (χ1) is 8.79. The van der Waals surface area contributed by atoms with Crippen LogP contribution in [0, 0.1) is 0 Å². The quantitative estimate of drug-likeness (QED) is 0.638. The van der Waals surface area contributed by atoms with Crippen molar-refractivity contribution in [3.63, 3.8) is 0 Å². The second-order valence-corrected chi connectivity index (χ2v) is 4.24. The van der Waals surface area contributed by atoms with E-state index >= 15 is 0 Å². The van der Waals surface area contributed by atoms with E-state index in [1.807, 2.05) is 6.92 Å². The maximum atomic E-state index is 12.3. The number of aromatic hydroxyl groups is 2. The summed E-state index contributed by atoms with van der Waals surface area (Å²) in [7, 11) is 0. The molecule has 3 nitrogen and oxygen atoms in total. The van der Waals surface area contributed by atoms with E-state index in [1.54, 1.807) is 0 Å². The van der Waals surface area contributed by atoms with Crippen LogP contribution in [0.2, 0.25) is 0 Å². The van der Waals surface area contributed by atoms with Crippen molar-refractivity contribution in [1.29, 1.82) is 0 Å². The Morgan fingerprint density at radius 2 is 1.84 bits per heavy atom. The highest BCUT2D eigenvalue weighted by Crippen LogP contribution is 2.35. The molecule has 0 heterocycles. The van der Waals surface area contributed by atoms with Gasteiger partial charge in [0.1, 0.15) is 11.5 Å². The summed E-state index contributed by atoms with van der Waals surface area (Å²) in [6, 6.07) is 1.78. The average Bonchev–Trinajstić information content (AvgIpc) is 2.31. The van der Waals surface area contributed by atoms with Gasteiger partial charge in [0.05, 0.1) is 5.56 Å². The van der Waals surface area contributed by atoms with Gasteiger partial charge in [0.25, 0.3) is 5.78 Å². The second kappa shape index (κ2) is 5.95. The van der Waals surface area contributed by atoms with Crippen LogP contribution in [0.15, 0.2) is 12.1 Å². The monoisotopic (exact) mass is 276 g/mol. The second-order valence-electron chi connectivity index (χ2n) is 4.24. The molecule has 0 unspecified atom stereocenters. The van der Waals surface area contributed by atoms with Crippen LogP contribution in [0.4, 0.5) is 13.2 Å². The Morgan fingerprint density at radius 3 is 2.37 bits per heavy atom. The number of unbranched alkanes of at least 4 members (excludes halogenated alkanes) is 2. The smallest absolute Gasteiger partial charge is 0.455 e. The molecule has 0 bridgehead atoms. The Kier molecular flexibility index (Phi) is 4.80. The number of phenolic OH excluding ortho intramolecular Hbond substituents is 2. The van der Waals surface area contributed by atoms with Crippen LogP contribution < -0.4 is 0 Å². The van der Waals surface area contributed by atoms with E-state index in [9.17, 15) is 28.2 Å². The van der Waals surface area contributed by atoms with Crippen molar-refractivity contribution in [2.24, 2.45) is 0 Å². The molecule has 1 aromatic carbocycles. The minimum atomic E-state index is -5.05.